The van der Waals surface area contributed by atoms with Crippen LogP contribution in [0.1, 0.15) is 0 Å². The number of pyridine rings is 1. The lowest BCUT2D eigenvalue weighted by Gasteiger charge is -2.22. The van der Waals surface area contributed by atoms with Gasteiger partial charge in [-0.2, -0.15) is 0 Å². The molecule has 0 aliphatic carbocycles. The van der Waals surface area contributed by atoms with Gasteiger partial charge in [-0.05, 0) is 24.3 Å². The molecule has 0 saturated carbocycles. The van der Waals surface area contributed by atoms with Crippen molar-refractivity contribution in [2.75, 3.05) is 25.0 Å². The standard InChI is InChI=1S/C14H14ClN3O2/c15-10-3-4-11(13-9(10)2-1-5-17-13)18-14(19)12-8-16-6-7-20-12/h1-5,12,16H,6-8H2,(H,18,19). The molecule has 104 valence electrons. The molecule has 1 aliphatic rings. The van der Waals surface area contributed by atoms with Gasteiger partial charge in [0, 0.05) is 24.7 Å². The first-order valence-electron chi connectivity index (χ1n) is 6.42. The Morgan fingerprint density at radius 3 is 3.15 bits per heavy atom. The maximum atomic E-state index is 12.2. The number of nitrogens with one attached hydrogen (secondary N) is 2. The second-order valence-corrected chi connectivity index (χ2v) is 4.95. The molecule has 2 aromatic rings. The van der Waals surface area contributed by atoms with Gasteiger partial charge in [0.05, 0.1) is 22.8 Å². The number of hydrogen-bond donors (Lipinski definition) is 2. The number of morpholine rings is 1. The molecule has 1 atom stereocenters. The molecule has 0 radical (unpaired) electrons. The van der Waals surface area contributed by atoms with Crippen LogP contribution < -0.4 is 10.6 Å². The van der Waals surface area contributed by atoms with Crippen LogP contribution in [0.25, 0.3) is 10.9 Å². The van der Waals surface area contributed by atoms with Crippen LogP contribution >= 0.6 is 11.6 Å². The van der Waals surface area contributed by atoms with Gasteiger partial charge in [0.15, 0.2) is 0 Å². The fourth-order valence-electron chi connectivity index (χ4n) is 2.19. The molecule has 1 saturated heterocycles. The summed E-state index contributed by atoms with van der Waals surface area (Å²) in [5.41, 5.74) is 1.32. The van der Waals surface area contributed by atoms with Crippen LogP contribution in [0.3, 0.4) is 0 Å². The average Bonchev–Trinajstić information content (AvgIpc) is 2.51. The molecule has 1 amide bonds. The molecule has 20 heavy (non-hydrogen) atoms. The molecular weight excluding hydrogens is 278 g/mol. The SMILES string of the molecule is O=C(Nc1ccc(Cl)c2cccnc12)C1CNCCO1. The van der Waals surface area contributed by atoms with Gasteiger partial charge in [-0.1, -0.05) is 11.6 Å². The number of anilines is 1. The minimum Gasteiger partial charge on any atom is -0.366 e. The number of rotatable bonds is 2. The lowest BCUT2D eigenvalue weighted by atomic mass is 10.2. The number of carbonyl (C=O) groups excluding carboxylic acids is 1. The Kier molecular flexibility index (Phi) is 3.82. The summed E-state index contributed by atoms with van der Waals surface area (Å²) in [5.74, 6) is -0.175. The van der Waals surface area contributed by atoms with Crippen LogP contribution in [0.15, 0.2) is 30.5 Å². The van der Waals surface area contributed by atoms with E-state index in [0.29, 0.717) is 29.4 Å². The molecule has 1 aromatic heterocycles. The quantitative estimate of drug-likeness (QED) is 0.886. The molecule has 1 unspecified atom stereocenters. The van der Waals surface area contributed by atoms with Crippen LogP contribution in [0, 0.1) is 0 Å². The van der Waals surface area contributed by atoms with Crippen molar-refractivity contribution in [2.45, 2.75) is 6.10 Å². The van der Waals surface area contributed by atoms with E-state index in [1.54, 1.807) is 18.3 Å². The van der Waals surface area contributed by atoms with Gasteiger partial charge in [0.25, 0.3) is 5.91 Å². The zero-order chi connectivity index (χ0) is 13.9. The third kappa shape index (κ3) is 2.60. The highest BCUT2D eigenvalue weighted by atomic mass is 35.5. The van der Waals surface area contributed by atoms with Crippen LogP contribution in [-0.2, 0) is 9.53 Å². The van der Waals surface area contributed by atoms with Crippen molar-refractivity contribution in [1.82, 2.24) is 10.3 Å². The number of amides is 1. The van der Waals surface area contributed by atoms with E-state index in [4.69, 9.17) is 16.3 Å². The summed E-state index contributed by atoms with van der Waals surface area (Å²) >= 11 is 6.13. The van der Waals surface area contributed by atoms with Crippen molar-refractivity contribution in [2.24, 2.45) is 0 Å². The van der Waals surface area contributed by atoms with E-state index in [-0.39, 0.29) is 5.91 Å². The molecule has 1 fully saturated rings. The number of aromatic nitrogens is 1. The highest BCUT2D eigenvalue weighted by Crippen LogP contribution is 2.28. The van der Waals surface area contributed by atoms with Gasteiger partial charge in [-0.25, -0.2) is 0 Å². The predicted molar refractivity (Wildman–Crippen MR) is 78.0 cm³/mol. The maximum Gasteiger partial charge on any atom is 0.254 e. The molecule has 3 rings (SSSR count). The topological polar surface area (TPSA) is 63.2 Å². The number of nitrogens with zero attached hydrogens (tertiary/aromatic N) is 1. The minimum absolute atomic E-state index is 0.175. The van der Waals surface area contributed by atoms with Crippen molar-refractivity contribution in [3.8, 4) is 0 Å². The highest BCUT2D eigenvalue weighted by Gasteiger charge is 2.22. The Balaban J connectivity index is 1.87. The maximum absolute atomic E-state index is 12.2. The van der Waals surface area contributed by atoms with E-state index in [1.807, 2.05) is 12.1 Å². The molecule has 2 heterocycles. The zero-order valence-corrected chi connectivity index (χ0v) is 11.5. The number of hydrogen-bond acceptors (Lipinski definition) is 4. The summed E-state index contributed by atoms with van der Waals surface area (Å²) in [5, 5.41) is 7.41. The summed E-state index contributed by atoms with van der Waals surface area (Å²) in [6, 6.07) is 7.19. The average molecular weight is 292 g/mol. The minimum atomic E-state index is -0.474. The number of fused-ring (bicyclic) bond motifs is 1. The van der Waals surface area contributed by atoms with Gasteiger partial charge in [0.1, 0.15) is 6.10 Å². The van der Waals surface area contributed by atoms with Crippen molar-refractivity contribution in [3.63, 3.8) is 0 Å². The summed E-state index contributed by atoms with van der Waals surface area (Å²) < 4.78 is 5.43. The lowest BCUT2D eigenvalue weighted by molar-refractivity contribution is -0.128. The van der Waals surface area contributed by atoms with E-state index in [2.05, 4.69) is 15.6 Å². The zero-order valence-electron chi connectivity index (χ0n) is 10.7. The van der Waals surface area contributed by atoms with Crippen molar-refractivity contribution in [3.05, 3.63) is 35.5 Å². The van der Waals surface area contributed by atoms with E-state index in [9.17, 15) is 4.79 Å². The first kappa shape index (κ1) is 13.3. The van der Waals surface area contributed by atoms with E-state index in [0.717, 1.165) is 11.9 Å². The molecule has 0 spiro atoms. The van der Waals surface area contributed by atoms with Crippen LogP contribution in [0.5, 0.6) is 0 Å². The van der Waals surface area contributed by atoms with Gasteiger partial charge in [-0.3, -0.25) is 9.78 Å². The number of halogens is 1. The fraction of sp³-hybridized carbons (Fsp3) is 0.286. The second kappa shape index (κ2) is 5.75. The van der Waals surface area contributed by atoms with E-state index in [1.165, 1.54) is 0 Å². The molecule has 1 aromatic carbocycles. The molecule has 0 bridgehead atoms. The Morgan fingerprint density at radius 1 is 1.45 bits per heavy atom. The summed E-state index contributed by atoms with van der Waals surface area (Å²) in [6.07, 6.45) is 1.20. The fourth-order valence-corrected chi connectivity index (χ4v) is 2.40. The number of benzene rings is 1. The molecule has 5 nitrogen and oxygen atoms in total. The van der Waals surface area contributed by atoms with E-state index < -0.39 is 6.10 Å². The van der Waals surface area contributed by atoms with Crippen molar-refractivity contribution < 1.29 is 9.53 Å². The normalized spacial score (nSPS) is 18.9. The summed E-state index contributed by atoms with van der Waals surface area (Å²) in [7, 11) is 0. The largest absolute Gasteiger partial charge is 0.366 e. The third-order valence-corrected chi connectivity index (χ3v) is 3.52. The Hall–Kier alpha value is -1.69. The smallest absolute Gasteiger partial charge is 0.254 e. The Bertz CT molecular complexity index is 641. The molecule has 6 heteroatoms. The monoisotopic (exact) mass is 291 g/mol. The second-order valence-electron chi connectivity index (χ2n) is 4.55. The van der Waals surface area contributed by atoms with E-state index >= 15 is 0 Å². The molecular formula is C14H14ClN3O2. The van der Waals surface area contributed by atoms with Gasteiger partial charge in [0.2, 0.25) is 0 Å². The van der Waals surface area contributed by atoms with Crippen molar-refractivity contribution >= 4 is 34.1 Å². The lowest BCUT2D eigenvalue weighted by Crippen LogP contribution is -2.45. The number of ether oxygens (including phenoxy) is 1. The van der Waals surface area contributed by atoms with Gasteiger partial charge in [-0.15, -0.1) is 0 Å². The first-order chi connectivity index (χ1) is 9.75. The molecule has 1 aliphatic heterocycles. The summed E-state index contributed by atoms with van der Waals surface area (Å²) in [6.45, 7) is 1.83. The van der Waals surface area contributed by atoms with Crippen LogP contribution in [-0.4, -0.2) is 36.7 Å². The van der Waals surface area contributed by atoms with Gasteiger partial charge < -0.3 is 15.4 Å². The van der Waals surface area contributed by atoms with Crippen LogP contribution in [0.4, 0.5) is 5.69 Å². The summed E-state index contributed by atoms with van der Waals surface area (Å²) in [4.78, 5) is 16.4. The first-order valence-corrected chi connectivity index (χ1v) is 6.80. The van der Waals surface area contributed by atoms with Gasteiger partial charge >= 0.3 is 0 Å². The molecule has 2 N–H and O–H groups in total. The van der Waals surface area contributed by atoms with Crippen molar-refractivity contribution in [1.29, 1.82) is 0 Å². The Morgan fingerprint density at radius 2 is 2.35 bits per heavy atom. The predicted octanol–water partition coefficient (Wildman–Crippen LogP) is 1.82. The Labute approximate surface area is 121 Å². The number of carbonyl (C=O) groups is 1. The van der Waals surface area contributed by atoms with Crippen LogP contribution in [0.2, 0.25) is 5.02 Å². The third-order valence-electron chi connectivity index (χ3n) is 3.19. The highest BCUT2D eigenvalue weighted by molar-refractivity contribution is 6.35.